The predicted octanol–water partition coefficient (Wildman–Crippen LogP) is 3.61. The Morgan fingerprint density at radius 1 is 1.24 bits per heavy atom. The van der Waals surface area contributed by atoms with E-state index in [9.17, 15) is 0 Å². The normalized spacial score (nSPS) is 15.8. The third-order valence-corrected chi connectivity index (χ3v) is 4.31. The van der Waals surface area contributed by atoms with Gasteiger partial charge in [0.05, 0.1) is 0 Å². The van der Waals surface area contributed by atoms with Crippen molar-refractivity contribution < 1.29 is 0 Å². The maximum Gasteiger partial charge on any atom is 0.0245 e. The molecule has 0 radical (unpaired) electrons. The molecule has 2 aromatic rings. The summed E-state index contributed by atoms with van der Waals surface area (Å²) in [4.78, 5) is 3.96. The Morgan fingerprint density at radius 3 is 2.82 bits per heavy atom. The van der Waals surface area contributed by atoms with Crippen LogP contribution in [0.1, 0.15) is 21.6 Å². The molecule has 0 saturated carbocycles. The van der Waals surface area contributed by atoms with E-state index >= 15 is 0 Å². The summed E-state index contributed by atoms with van der Waals surface area (Å²) in [6.07, 6.45) is 1.19. The standard InChI is InChI=1S/C15H17NS/c1-12-8-13(11-17-12)9-16-7-6-14-4-2-3-5-15(14)10-16/h2-5,8,11H,6-7,9-10H2,1H3. The van der Waals surface area contributed by atoms with Crippen LogP contribution in [0, 0.1) is 6.92 Å². The molecule has 1 aromatic carbocycles. The van der Waals surface area contributed by atoms with Gasteiger partial charge in [-0.15, -0.1) is 11.3 Å². The van der Waals surface area contributed by atoms with E-state index in [-0.39, 0.29) is 0 Å². The molecule has 0 fully saturated rings. The smallest absolute Gasteiger partial charge is 0.0245 e. The Balaban J connectivity index is 1.72. The van der Waals surface area contributed by atoms with Gasteiger partial charge in [-0.1, -0.05) is 24.3 Å². The molecule has 1 aromatic heterocycles. The zero-order chi connectivity index (χ0) is 11.7. The van der Waals surface area contributed by atoms with Crippen LogP contribution in [0.25, 0.3) is 0 Å². The summed E-state index contributed by atoms with van der Waals surface area (Å²) in [6.45, 7) is 5.56. The molecule has 0 N–H and O–H groups in total. The fraction of sp³-hybridized carbons (Fsp3) is 0.333. The molecule has 0 aliphatic carbocycles. The lowest BCUT2D eigenvalue weighted by Crippen LogP contribution is -2.29. The van der Waals surface area contributed by atoms with E-state index in [1.54, 1.807) is 0 Å². The first-order valence-corrected chi connectivity index (χ1v) is 7.02. The van der Waals surface area contributed by atoms with Crippen molar-refractivity contribution in [3.8, 4) is 0 Å². The van der Waals surface area contributed by atoms with Crippen molar-refractivity contribution in [2.45, 2.75) is 26.4 Å². The van der Waals surface area contributed by atoms with Gasteiger partial charge in [0.1, 0.15) is 0 Å². The molecule has 1 nitrogen and oxygen atoms in total. The van der Waals surface area contributed by atoms with Crippen molar-refractivity contribution in [1.82, 2.24) is 4.90 Å². The monoisotopic (exact) mass is 243 g/mol. The fourth-order valence-corrected chi connectivity index (χ4v) is 3.23. The maximum absolute atomic E-state index is 2.55. The molecule has 0 amide bonds. The highest BCUT2D eigenvalue weighted by Crippen LogP contribution is 2.21. The van der Waals surface area contributed by atoms with E-state index < -0.39 is 0 Å². The minimum Gasteiger partial charge on any atom is -0.294 e. The van der Waals surface area contributed by atoms with Crippen LogP contribution in [0.4, 0.5) is 0 Å². The van der Waals surface area contributed by atoms with Crippen LogP contribution in [0.2, 0.25) is 0 Å². The molecule has 0 unspecified atom stereocenters. The van der Waals surface area contributed by atoms with Crippen molar-refractivity contribution in [3.05, 3.63) is 57.3 Å². The van der Waals surface area contributed by atoms with Crippen LogP contribution >= 0.6 is 11.3 Å². The van der Waals surface area contributed by atoms with Crippen LogP contribution in [0.15, 0.2) is 35.7 Å². The summed E-state index contributed by atoms with van der Waals surface area (Å²) in [6, 6.07) is 11.1. The number of hydrogen-bond acceptors (Lipinski definition) is 2. The van der Waals surface area contributed by atoms with E-state index in [2.05, 4.69) is 47.5 Å². The number of benzene rings is 1. The molecule has 2 heteroatoms. The molecule has 1 aliphatic rings. The minimum absolute atomic E-state index is 1.10. The van der Waals surface area contributed by atoms with Gasteiger partial charge in [0.25, 0.3) is 0 Å². The molecule has 3 rings (SSSR count). The zero-order valence-electron chi connectivity index (χ0n) is 10.1. The van der Waals surface area contributed by atoms with E-state index in [0.29, 0.717) is 0 Å². The van der Waals surface area contributed by atoms with Crippen LogP contribution in [-0.2, 0) is 19.5 Å². The third-order valence-electron chi connectivity index (χ3n) is 3.40. The highest BCUT2D eigenvalue weighted by molar-refractivity contribution is 7.10. The zero-order valence-corrected chi connectivity index (χ0v) is 11.0. The van der Waals surface area contributed by atoms with Gasteiger partial charge in [0.15, 0.2) is 0 Å². The van der Waals surface area contributed by atoms with Gasteiger partial charge in [-0.3, -0.25) is 4.90 Å². The lowest BCUT2D eigenvalue weighted by molar-refractivity contribution is 0.246. The molecule has 1 aliphatic heterocycles. The summed E-state index contributed by atoms with van der Waals surface area (Å²) in [5.41, 5.74) is 4.50. The quantitative estimate of drug-likeness (QED) is 0.779. The lowest BCUT2D eigenvalue weighted by atomic mass is 10.00. The molecule has 17 heavy (non-hydrogen) atoms. The number of thiophene rings is 1. The number of nitrogens with zero attached hydrogens (tertiary/aromatic N) is 1. The molecule has 2 heterocycles. The van der Waals surface area contributed by atoms with Gasteiger partial charge in [0.2, 0.25) is 0 Å². The average Bonchev–Trinajstić information content (AvgIpc) is 2.75. The van der Waals surface area contributed by atoms with Crippen molar-refractivity contribution in [1.29, 1.82) is 0 Å². The average molecular weight is 243 g/mol. The first kappa shape index (κ1) is 11.0. The van der Waals surface area contributed by atoms with Gasteiger partial charge in [-0.25, -0.2) is 0 Å². The van der Waals surface area contributed by atoms with E-state index in [4.69, 9.17) is 0 Å². The van der Waals surface area contributed by atoms with Gasteiger partial charge in [0, 0.05) is 24.5 Å². The second-order valence-corrected chi connectivity index (χ2v) is 5.91. The van der Waals surface area contributed by atoms with E-state index in [0.717, 1.165) is 13.1 Å². The van der Waals surface area contributed by atoms with Gasteiger partial charge >= 0.3 is 0 Å². The van der Waals surface area contributed by atoms with E-state index in [1.807, 2.05) is 11.3 Å². The molecule has 0 saturated heterocycles. The molecule has 0 spiro atoms. The van der Waals surface area contributed by atoms with Crippen molar-refractivity contribution in [3.63, 3.8) is 0 Å². The second-order valence-electron chi connectivity index (χ2n) is 4.79. The van der Waals surface area contributed by atoms with Crippen LogP contribution in [-0.4, -0.2) is 11.4 Å². The number of fused-ring (bicyclic) bond motifs is 1. The first-order chi connectivity index (χ1) is 8.31. The Hall–Kier alpha value is -1.12. The Kier molecular flexibility index (Phi) is 3.00. The number of aryl methyl sites for hydroxylation is 1. The summed E-state index contributed by atoms with van der Waals surface area (Å²) < 4.78 is 0. The van der Waals surface area contributed by atoms with Crippen molar-refractivity contribution in [2.75, 3.05) is 6.54 Å². The van der Waals surface area contributed by atoms with Crippen molar-refractivity contribution in [2.24, 2.45) is 0 Å². The maximum atomic E-state index is 2.55. The molecular formula is C15H17NS. The SMILES string of the molecule is Cc1cc(CN2CCc3ccccc3C2)cs1. The largest absolute Gasteiger partial charge is 0.294 e. The first-order valence-electron chi connectivity index (χ1n) is 6.14. The summed E-state index contributed by atoms with van der Waals surface area (Å²) in [7, 11) is 0. The number of hydrogen-bond donors (Lipinski definition) is 0. The summed E-state index contributed by atoms with van der Waals surface area (Å²) in [5.74, 6) is 0. The second kappa shape index (κ2) is 4.63. The van der Waals surface area contributed by atoms with Crippen LogP contribution in [0.3, 0.4) is 0 Å². The summed E-state index contributed by atoms with van der Waals surface area (Å²) >= 11 is 1.85. The molecule has 0 bridgehead atoms. The van der Waals surface area contributed by atoms with E-state index in [1.165, 1.54) is 34.5 Å². The van der Waals surface area contributed by atoms with Crippen LogP contribution in [0.5, 0.6) is 0 Å². The Labute approximate surface area is 107 Å². The molecule has 88 valence electrons. The Morgan fingerprint density at radius 2 is 2.06 bits per heavy atom. The minimum atomic E-state index is 1.10. The molecular weight excluding hydrogens is 226 g/mol. The third kappa shape index (κ3) is 2.43. The predicted molar refractivity (Wildman–Crippen MR) is 73.3 cm³/mol. The number of rotatable bonds is 2. The van der Waals surface area contributed by atoms with Gasteiger partial charge in [-0.05, 0) is 41.5 Å². The highest BCUT2D eigenvalue weighted by Gasteiger charge is 2.15. The lowest BCUT2D eigenvalue weighted by Gasteiger charge is -2.28. The van der Waals surface area contributed by atoms with Gasteiger partial charge in [-0.2, -0.15) is 0 Å². The fourth-order valence-electron chi connectivity index (χ4n) is 2.53. The van der Waals surface area contributed by atoms with Crippen LogP contribution < -0.4 is 0 Å². The topological polar surface area (TPSA) is 3.24 Å². The summed E-state index contributed by atoms with van der Waals surface area (Å²) in [5, 5.41) is 2.29. The molecule has 0 atom stereocenters. The van der Waals surface area contributed by atoms with Crippen molar-refractivity contribution >= 4 is 11.3 Å². The highest BCUT2D eigenvalue weighted by atomic mass is 32.1. The Bertz CT molecular complexity index is 515. The van der Waals surface area contributed by atoms with Gasteiger partial charge < -0.3 is 0 Å².